The first-order valence-electron chi connectivity index (χ1n) is 8.08. The third kappa shape index (κ3) is 3.06. The van der Waals surface area contributed by atoms with E-state index in [9.17, 15) is 5.11 Å². The molecule has 3 aromatic heterocycles. The highest BCUT2D eigenvalue weighted by Gasteiger charge is 2.25. The number of aromatic hydroxyl groups is 1. The van der Waals surface area contributed by atoms with Crippen molar-refractivity contribution in [3.8, 4) is 5.75 Å². The predicted octanol–water partition coefficient (Wildman–Crippen LogP) is 4.33. The number of thiophene rings is 1. The van der Waals surface area contributed by atoms with Crippen molar-refractivity contribution in [2.75, 3.05) is 5.32 Å². The first-order chi connectivity index (χ1) is 12.2. The van der Waals surface area contributed by atoms with Crippen LogP contribution in [-0.4, -0.2) is 10.1 Å². The van der Waals surface area contributed by atoms with Gasteiger partial charge in [0.2, 0.25) is 0 Å². The van der Waals surface area contributed by atoms with E-state index in [0.717, 1.165) is 27.3 Å². The smallest absolute Gasteiger partial charge is 0.272 e. The van der Waals surface area contributed by atoms with E-state index in [1.807, 2.05) is 67.0 Å². The lowest BCUT2D eigenvalue weighted by atomic mass is 10.0. The minimum atomic E-state index is -0.162. The molecule has 3 N–H and O–H groups in total. The van der Waals surface area contributed by atoms with E-state index in [2.05, 4.69) is 21.4 Å². The van der Waals surface area contributed by atoms with Gasteiger partial charge in [-0.25, -0.2) is 9.97 Å². The first-order valence-corrected chi connectivity index (χ1v) is 8.96. The third-order valence-corrected chi connectivity index (χ3v) is 5.09. The van der Waals surface area contributed by atoms with Crippen LogP contribution in [0.25, 0.3) is 10.9 Å². The van der Waals surface area contributed by atoms with E-state index < -0.39 is 0 Å². The summed E-state index contributed by atoms with van der Waals surface area (Å²) in [4.78, 5) is 8.84. The van der Waals surface area contributed by atoms with Crippen LogP contribution in [0.1, 0.15) is 22.2 Å². The Bertz CT molecular complexity index is 1000. The van der Waals surface area contributed by atoms with Gasteiger partial charge in [-0.05, 0) is 36.6 Å². The number of phenolic OH excluding ortho intramolecular Hbond substituents is 1. The topological polar surface area (TPSA) is 59.3 Å². The second kappa shape index (κ2) is 6.53. The zero-order chi connectivity index (χ0) is 17.2. The molecule has 25 heavy (non-hydrogen) atoms. The maximum absolute atomic E-state index is 10.9. The molecular formula is C20H18N3OS+. The quantitative estimate of drug-likeness (QED) is 0.577. The van der Waals surface area contributed by atoms with E-state index in [-0.39, 0.29) is 11.8 Å². The number of benzene rings is 1. The van der Waals surface area contributed by atoms with Crippen LogP contribution >= 0.6 is 11.3 Å². The summed E-state index contributed by atoms with van der Waals surface area (Å²) < 4.78 is 0. The Morgan fingerprint density at radius 2 is 1.96 bits per heavy atom. The average molecular weight is 348 g/mol. The molecule has 0 aliphatic rings. The van der Waals surface area contributed by atoms with Gasteiger partial charge in [0, 0.05) is 22.7 Å². The molecule has 0 radical (unpaired) electrons. The number of pyridine rings is 2. The Labute approximate surface area is 149 Å². The highest BCUT2D eigenvalue weighted by atomic mass is 32.1. The summed E-state index contributed by atoms with van der Waals surface area (Å²) >= 11 is 1.65. The van der Waals surface area contributed by atoms with Crippen LogP contribution in [0.2, 0.25) is 0 Å². The van der Waals surface area contributed by atoms with Crippen molar-refractivity contribution in [3.63, 3.8) is 0 Å². The first kappa shape index (κ1) is 15.6. The number of fused-ring (bicyclic) bond motifs is 1. The van der Waals surface area contributed by atoms with Crippen LogP contribution in [0, 0.1) is 6.92 Å². The van der Waals surface area contributed by atoms with Gasteiger partial charge < -0.3 is 5.11 Å². The zero-order valence-corrected chi connectivity index (χ0v) is 14.5. The molecular weight excluding hydrogens is 330 g/mol. The Kier molecular flexibility index (Phi) is 4.07. The molecule has 3 heterocycles. The van der Waals surface area contributed by atoms with E-state index in [1.54, 1.807) is 11.3 Å². The Morgan fingerprint density at radius 3 is 2.72 bits per heavy atom. The van der Waals surface area contributed by atoms with Gasteiger partial charge in [0.25, 0.3) is 5.82 Å². The fourth-order valence-electron chi connectivity index (χ4n) is 2.92. The molecule has 1 aromatic carbocycles. The number of anilines is 1. The molecule has 4 rings (SSSR count). The number of nitrogens with zero attached hydrogens (tertiary/aromatic N) is 1. The van der Waals surface area contributed by atoms with Gasteiger partial charge in [0.15, 0.2) is 6.04 Å². The van der Waals surface area contributed by atoms with Crippen molar-refractivity contribution in [3.05, 3.63) is 82.3 Å². The molecule has 0 spiro atoms. The molecule has 0 aliphatic heterocycles. The summed E-state index contributed by atoms with van der Waals surface area (Å²) in [5.41, 5.74) is 2.33. The lowest BCUT2D eigenvalue weighted by molar-refractivity contribution is -0.361. The molecule has 0 unspecified atom stereocenters. The lowest BCUT2D eigenvalue weighted by Gasteiger charge is -2.16. The van der Waals surface area contributed by atoms with Gasteiger partial charge in [-0.15, -0.1) is 11.3 Å². The number of phenols is 1. The Balaban J connectivity index is 1.84. The van der Waals surface area contributed by atoms with Crippen LogP contribution in [0.15, 0.2) is 66.2 Å². The molecule has 0 fully saturated rings. The van der Waals surface area contributed by atoms with E-state index in [1.165, 1.54) is 0 Å². The van der Waals surface area contributed by atoms with Gasteiger partial charge in [-0.3, -0.25) is 5.32 Å². The molecule has 4 nitrogen and oxygen atoms in total. The van der Waals surface area contributed by atoms with Gasteiger partial charge in [-0.1, -0.05) is 24.3 Å². The van der Waals surface area contributed by atoms with Crippen molar-refractivity contribution >= 4 is 28.1 Å². The number of aryl methyl sites for hydroxylation is 1. The summed E-state index contributed by atoms with van der Waals surface area (Å²) in [6, 6.07) is 17.7. The van der Waals surface area contributed by atoms with Crippen molar-refractivity contribution < 1.29 is 10.1 Å². The SMILES string of the molecule is Cc1ccc2ccc([C@@H](Nc3cccc[nH+]3)c3cccs3)c(O)c2n1. The highest BCUT2D eigenvalue weighted by Crippen LogP contribution is 2.37. The van der Waals surface area contributed by atoms with E-state index >= 15 is 0 Å². The van der Waals surface area contributed by atoms with Crippen molar-refractivity contribution in [2.24, 2.45) is 0 Å². The molecule has 0 saturated carbocycles. The molecule has 4 aromatic rings. The van der Waals surface area contributed by atoms with Crippen molar-refractivity contribution in [2.45, 2.75) is 13.0 Å². The minimum Gasteiger partial charge on any atom is -0.505 e. The summed E-state index contributed by atoms with van der Waals surface area (Å²) in [5, 5.41) is 17.4. The number of H-pyrrole nitrogens is 1. The van der Waals surface area contributed by atoms with Crippen LogP contribution < -0.4 is 10.3 Å². The van der Waals surface area contributed by atoms with Crippen molar-refractivity contribution in [1.82, 2.24) is 4.98 Å². The highest BCUT2D eigenvalue weighted by molar-refractivity contribution is 7.10. The fourth-order valence-corrected chi connectivity index (χ4v) is 3.71. The van der Waals surface area contributed by atoms with Gasteiger partial charge in [-0.2, -0.15) is 0 Å². The van der Waals surface area contributed by atoms with Gasteiger partial charge in [0.05, 0.1) is 11.1 Å². The van der Waals surface area contributed by atoms with Crippen LogP contribution in [0.4, 0.5) is 5.82 Å². The molecule has 5 heteroatoms. The lowest BCUT2D eigenvalue weighted by Crippen LogP contribution is -2.18. The summed E-state index contributed by atoms with van der Waals surface area (Å²) in [5.74, 6) is 1.11. The third-order valence-electron chi connectivity index (χ3n) is 4.15. The minimum absolute atomic E-state index is 0.162. The van der Waals surface area contributed by atoms with Gasteiger partial charge in [0.1, 0.15) is 11.3 Å². The Morgan fingerprint density at radius 1 is 1.08 bits per heavy atom. The monoisotopic (exact) mass is 348 g/mol. The molecule has 0 aliphatic carbocycles. The molecule has 0 bridgehead atoms. The van der Waals surface area contributed by atoms with Crippen molar-refractivity contribution in [1.29, 1.82) is 0 Å². The average Bonchev–Trinajstić information content (AvgIpc) is 3.16. The Hall–Kier alpha value is -2.92. The van der Waals surface area contributed by atoms with Crippen LogP contribution in [0.5, 0.6) is 5.75 Å². The van der Waals surface area contributed by atoms with E-state index in [4.69, 9.17) is 0 Å². The largest absolute Gasteiger partial charge is 0.505 e. The summed E-state index contributed by atoms with van der Waals surface area (Å²) in [6.45, 7) is 1.93. The summed E-state index contributed by atoms with van der Waals surface area (Å²) in [6.07, 6.45) is 1.87. The number of aromatic amines is 1. The normalized spacial score (nSPS) is 12.2. The molecule has 124 valence electrons. The van der Waals surface area contributed by atoms with Crippen LogP contribution in [-0.2, 0) is 0 Å². The standard InChI is InChI=1S/C20H17N3OS/c1-13-7-8-14-9-10-15(20(24)18(14)22-13)19(16-5-4-12-25-16)23-17-6-2-3-11-21-17/h2-12,19,24H,1H3,(H,21,23)/p+1/t19-/m1/s1. The molecule has 0 amide bonds. The zero-order valence-electron chi connectivity index (χ0n) is 13.7. The maximum Gasteiger partial charge on any atom is 0.272 e. The molecule has 0 saturated heterocycles. The van der Waals surface area contributed by atoms with E-state index in [0.29, 0.717) is 5.52 Å². The molecule has 1 atom stereocenters. The number of hydrogen-bond acceptors (Lipinski definition) is 4. The number of rotatable bonds is 4. The number of hydrogen-bond donors (Lipinski definition) is 2. The number of nitrogens with one attached hydrogen (secondary N) is 2. The van der Waals surface area contributed by atoms with Gasteiger partial charge >= 0.3 is 0 Å². The summed E-state index contributed by atoms with van der Waals surface area (Å²) in [7, 11) is 0. The fraction of sp³-hybridized carbons (Fsp3) is 0.100. The maximum atomic E-state index is 10.9. The second-order valence-corrected chi connectivity index (χ2v) is 6.88. The van der Waals surface area contributed by atoms with Crippen LogP contribution in [0.3, 0.4) is 0 Å². The second-order valence-electron chi connectivity index (χ2n) is 5.90. The number of aromatic nitrogens is 2. The predicted molar refractivity (Wildman–Crippen MR) is 101 cm³/mol.